The summed E-state index contributed by atoms with van der Waals surface area (Å²) in [5, 5.41) is 0.198. The molecule has 0 aliphatic carbocycles. The number of ether oxygens (including phenoxy) is 2. The number of thioether (sulfide) groups is 1. The Morgan fingerprint density at radius 3 is 2.54 bits per heavy atom. The maximum absolute atomic E-state index is 14.0. The van der Waals surface area contributed by atoms with E-state index in [1.54, 1.807) is 48.5 Å². The van der Waals surface area contributed by atoms with Crippen molar-refractivity contribution in [1.82, 2.24) is 4.90 Å². The zero-order chi connectivity index (χ0) is 24.9. The van der Waals surface area contributed by atoms with Gasteiger partial charge in [-0.3, -0.25) is 14.5 Å². The highest BCUT2D eigenvalue weighted by Crippen LogP contribution is 2.40. The summed E-state index contributed by atoms with van der Waals surface area (Å²) in [4.78, 5) is 26.7. The van der Waals surface area contributed by atoms with Gasteiger partial charge in [0.25, 0.3) is 11.1 Å². The van der Waals surface area contributed by atoms with Crippen LogP contribution in [0.2, 0.25) is 5.02 Å². The van der Waals surface area contributed by atoms with E-state index < -0.39 is 17.0 Å². The van der Waals surface area contributed by atoms with Crippen molar-refractivity contribution < 1.29 is 23.5 Å². The Bertz CT molecular complexity index is 1300. The Hall–Kier alpha value is -2.81. The zero-order valence-corrected chi connectivity index (χ0v) is 21.8. The topological polar surface area (TPSA) is 55.8 Å². The number of halogens is 3. The molecule has 0 saturated carbocycles. The van der Waals surface area contributed by atoms with Gasteiger partial charge in [0.1, 0.15) is 12.4 Å². The summed E-state index contributed by atoms with van der Waals surface area (Å²) in [7, 11) is 0. The van der Waals surface area contributed by atoms with Gasteiger partial charge in [-0.05, 0) is 82.2 Å². The maximum Gasteiger partial charge on any atom is 0.293 e. The molecule has 4 rings (SSSR count). The third-order valence-corrected chi connectivity index (χ3v) is 6.83. The molecule has 1 saturated heterocycles. The van der Waals surface area contributed by atoms with Crippen LogP contribution in [0.4, 0.5) is 9.18 Å². The minimum absolute atomic E-state index is 0.125. The molecule has 3 aromatic rings. The molecule has 5 nitrogen and oxygen atoms in total. The fourth-order valence-corrected chi connectivity index (χ4v) is 4.93. The average Bonchev–Trinajstić information content (AvgIpc) is 3.08. The Labute approximate surface area is 220 Å². The van der Waals surface area contributed by atoms with Crippen molar-refractivity contribution in [3.8, 4) is 11.5 Å². The summed E-state index contributed by atoms with van der Waals surface area (Å²) in [6, 6.07) is 16.9. The highest BCUT2D eigenvalue weighted by Gasteiger charge is 2.35. The van der Waals surface area contributed by atoms with Crippen molar-refractivity contribution in [3.63, 3.8) is 0 Å². The van der Waals surface area contributed by atoms with Gasteiger partial charge in [0.2, 0.25) is 0 Å². The number of carbonyl (C=O) groups is 2. The second-order valence-electron chi connectivity index (χ2n) is 7.54. The normalized spacial score (nSPS) is 14.6. The number of amides is 2. The van der Waals surface area contributed by atoms with Gasteiger partial charge >= 0.3 is 0 Å². The van der Waals surface area contributed by atoms with Crippen molar-refractivity contribution in [2.75, 3.05) is 6.61 Å². The Morgan fingerprint density at radius 2 is 1.83 bits per heavy atom. The first-order valence-electron chi connectivity index (χ1n) is 10.7. The van der Waals surface area contributed by atoms with Gasteiger partial charge in [-0.1, -0.05) is 41.9 Å². The summed E-state index contributed by atoms with van der Waals surface area (Å²) in [5.41, 5.74) is 1.87. The smallest absolute Gasteiger partial charge is 0.293 e. The first-order valence-corrected chi connectivity index (χ1v) is 12.7. The summed E-state index contributed by atoms with van der Waals surface area (Å²) in [6.07, 6.45) is 1.61. The summed E-state index contributed by atoms with van der Waals surface area (Å²) in [5.74, 6) is 0.0784. The molecule has 1 aliphatic rings. The predicted molar refractivity (Wildman–Crippen MR) is 139 cm³/mol. The number of hydrogen-bond acceptors (Lipinski definition) is 5. The third kappa shape index (κ3) is 6.07. The summed E-state index contributed by atoms with van der Waals surface area (Å²) < 4.78 is 26.4. The second kappa shape index (κ2) is 11.3. The summed E-state index contributed by atoms with van der Waals surface area (Å²) in [6.45, 7) is 2.45. The van der Waals surface area contributed by atoms with Crippen molar-refractivity contribution in [2.45, 2.75) is 20.1 Å². The van der Waals surface area contributed by atoms with E-state index >= 15 is 0 Å². The number of benzene rings is 3. The monoisotopic (exact) mass is 575 g/mol. The van der Waals surface area contributed by atoms with E-state index in [1.165, 1.54) is 6.07 Å². The highest BCUT2D eigenvalue weighted by molar-refractivity contribution is 9.10. The zero-order valence-electron chi connectivity index (χ0n) is 18.6. The third-order valence-electron chi connectivity index (χ3n) is 5.09. The number of imide groups is 1. The number of hydrogen-bond donors (Lipinski definition) is 0. The molecule has 1 heterocycles. The SMILES string of the molecule is CCOc1cc(/C=C2\SC(=O)N(Cc3ccccc3F)C2=O)cc(Br)c1OCc1ccc(Cl)cc1. The van der Waals surface area contributed by atoms with Gasteiger partial charge in [-0.25, -0.2) is 4.39 Å². The predicted octanol–water partition coefficient (Wildman–Crippen LogP) is 7.46. The molecule has 3 aromatic carbocycles. The van der Waals surface area contributed by atoms with Crippen LogP contribution in [0.5, 0.6) is 11.5 Å². The molecule has 1 aliphatic heterocycles. The molecule has 0 bridgehead atoms. The van der Waals surface area contributed by atoms with Crippen LogP contribution in [0.3, 0.4) is 0 Å². The van der Waals surface area contributed by atoms with Gasteiger partial charge in [-0.15, -0.1) is 0 Å². The largest absolute Gasteiger partial charge is 0.490 e. The van der Waals surface area contributed by atoms with Gasteiger partial charge in [0, 0.05) is 10.6 Å². The quantitative estimate of drug-likeness (QED) is 0.261. The molecular formula is C26H20BrClFNO4S. The molecule has 0 unspecified atom stereocenters. The first kappa shape index (κ1) is 25.3. The van der Waals surface area contributed by atoms with E-state index in [4.69, 9.17) is 21.1 Å². The van der Waals surface area contributed by atoms with Crippen molar-refractivity contribution in [1.29, 1.82) is 0 Å². The van der Waals surface area contributed by atoms with E-state index in [0.29, 0.717) is 39.8 Å². The lowest BCUT2D eigenvalue weighted by Crippen LogP contribution is -2.27. The van der Waals surface area contributed by atoms with Crippen LogP contribution >= 0.6 is 39.3 Å². The van der Waals surface area contributed by atoms with Crippen LogP contribution < -0.4 is 9.47 Å². The van der Waals surface area contributed by atoms with Crippen molar-refractivity contribution in [3.05, 3.63) is 97.6 Å². The standard InChI is InChI=1S/C26H20BrClFNO4S/c1-2-33-22-12-17(11-20(27)24(22)34-15-16-7-9-19(28)10-8-16)13-23-25(31)30(26(32)35-23)14-18-5-3-4-6-21(18)29/h3-13H,2,14-15H2,1H3/b23-13-. The summed E-state index contributed by atoms with van der Waals surface area (Å²) >= 11 is 10.3. The molecule has 0 N–H and O–H groups in total. The van der Waals surface area contributed by atoms with Crippen LogP contribution in [-0.4, -0.2) is 22.7 Å². The maximum atomic E-state index is 14.0. The van der Waals surface area contributed by atoms with Gasteiger partial charge in [-0.2, -0.15) is 0 Å². The van der Waals surface area contributed by atoms with Gasteiger partial charge < -0.3 is 9.47 Å². The minimum atomic E-state index is -0.472. The van der Waals surface area contributed by atoms with E-state index in [1.807, 2.05) is 19.1 Å². The molecule has 9 heteroatoms. The van der Waals surface area contributed by atoms with Gasteiger partial charge in [0.15, 0.2) is 11.5 Å². The lowest BCUT2D eigenvalue weighted by Gasteiger charge is -2.15. The average molecular weight is 577 g/mol. The number of carbonyl (C=O) groups excluding carboxylic acids is 2. The lowest BCUT2D eigenvalue weighted by molar-refractivity contribution is -0.123. The van der Waals surface area contributed by atoms with Crippen molar-refractivity contribution in [2.24, 2.45) is 0 Å². The first-order chi connectivity index (χ1) is 16.9. The molecular weight excluding hydrogens is 557 g/mol. The fourth-order valence-electron chi connectivity index (χ4n) is 3.40. The van der Waals surface area contributed by atoms with E-state index in [-0.39, 0.29) is 17.0 Å². The van der Waals surface area contributed by atoms with Gasteiger partial charge in [0.05, 0.1) is 22.5 Å². The molecule has 0 spiro atoms. The van der Waals surface area contributed by atoms with Crippen LogP contribution in [-0.2, 0) is 17.9 Å². The van der Waals surface area contributed by atoms with Crippen LogP contribution in [0, 0.1) is 5.82 Å². The fraction of sp³-hybridized carbons (Fsp3) is 0.154. The van der Waals surface area contributed by atoms with Crippen LogP contribution in [0.1, 0.15) is 23.6 Å². The Balaban J connectivity index is 1.55. The van der Waals surface area contributed by atoms with Crippen LogP contribution in [0.15, 0.2) is 70.0 Å². The molecule has 2 amide bonds. The molecule has 0 aromatic heterocycles. The van der Waals surface area contributed by atoms with Crippen LogP contribution in [0.25, 0.3) is 6.08 Å². The van der Waals surface area contributed by atoms with E-state index in [0.717, 1.165) is 22.2 Å². The molecule has 180 valence electrons. The van der Waals surface area contributed by atoms with E-state index in [9.17, 15) is 14.0 Å². The number of nitrogens with zero attached hydrogens (tertiary/aromatic N) is 1. The van der Waals surface area contributed by atoms with E-state index in [2.05, 4.69) is 15.9 Å². The molecule has 1 fully saturated rings. The Morgan fingerprint density at radius 1 is 1.09 bits per heavy atom. The molecule has 0 atom stereocenters. The second-order valence-corrected chi connectivity index (χ2v) is 9.82. The minimum Gasteiger partial charge on any atom is -0.490 e. The van der Waals surface area contributed by atoms with Crippen molar-refractivity contribution >= 4 is 56.5 Å². The number of rotatable bonds is 8. The highest BCUT2D eigenvalue weighted by atomic mass is 79.9. The molecule has 0 radical (unpaired) electrons. The molecule has 35 heavy (non-hydrogen) atoms. The Kier molecular flexibility index (Phi) is 8.15. The lowest BCUT2D eigenvalue weighted by atomic mass is 10.1.